The number of hydrogen-bond acceptors (Lipinski definition) is 3. The van der Waals surface area contributed by atoms with Crippen LogP contribution in [-0.4, -0.2) is 15.5 Å². The van der Waals surface area contributed by atoms with Crippen LogP contribution in [0.3, 0.4) is 0 Å². The Balaban J connectivity index is 2.00. The van der Waals surface area contributed by atoms with Crippen molar-refractivity contribution in [1.82, 2.24) is 14.9 Å². The molecule has 0 atom stereocenters. The van der Waals surface area contributed by atoms with E-state index in [0.717, 1.165) is 14.4 Å². The topological polar surface area (TPSA) is 46.9 Å². The molecule has 0 saturated carbocycles. The first-order chi connectivity index (χ1) is 8.06. The molecular formula is C11H12BrN3OS. The Morgan fingerprint density at radius 3 is 2.94 bits per heavy atom. The highest BCUT2D eigenvalue weighted by atomic mass is 79.9. The summed E-state index contributed by atoms with van der Waals surface area (Å²) in [5.41, 5.74) is 0.637. The molecule has 0 spiro atoms. The van der Waals surface area contributed by atoms with Gasteiger partial charge in [0.25, 0.3) is 5.91 Å². The molecule has 4 nitrogen and oxygen atoms in total. The summed E-state index contributed by atoms with van der Waals surface area (Å²) >= 11 is 4.93. The number of thiazole rings is 1. The van der Waals surface area contributed by atoms with Crippen LogP contribution in [0.15, 0.2) is 22.9 Å². The smallest absolute Gasteiger partial charge is 0.268 e. The average Bonchev–Trinajstić information content (AvgIpc) is 2.81. The largest absolute Gasteiger partial charge is 0.346 e. The van der Waals surface area contributed by atoms with Gasteiger partial charge in [-0.05, 0) is 28.9 Å². The lowest BCUT2D eigenvalue weighted by molar-refractivity contribution is 0.0943. The second-order valence-corrected chi connectivity index (χ2v) is 5.92. The van der Waals surface area contributed by atoms with Crippen molar-refractivity contribution in [3.05, 3.63) is 38.5 Å². The minimum Gasteiger partial charge on any atom is -0.346 e. The molecule has 0 saturated heterocycles. The lowest BCUT2D eigenvalue weighted by atomic mass is 10.4. The lowest BCUT2D eigenvalue weighted by Gasteiger charge is -2.03. The SMILES string of the molecule is Cc1ncc(CNC(=O)c2cc(Br)cn2C)s1. The second-order valence-electron chi connectivity index (χ2n) is 3.68. The molecule has 0 aliphatic rings. The summed E-state index contributed by atoms with van der Waals surface area (Å²) in [5.74, 6) is -0.0794. The Morgan fingerprint density at radius 1 is 1.65 bits per heavy atom. The molecule has 17 heavy (non-hydrogen) atoms. The van der Waals surface area contributed by atoms with Crippen molar-refractivity contribution in [2.75, 3.05) is 0 Å². The third-order valence-corrected chi connectivity index (χ3v) is 3.64. The van der Waals surface area contributed by atoms with Gasteiger partial charge in [-0.2, -0.15) is 0 Å². The molecule has 0 aliphatic carbocycles. The van der Waals surface area contributed by atoms with Crippen molar-refractivity contribution < 1.29 is 4.79 Å². The molecule has 1 amide bonds. The number of carbonyl (C=O) groups excluding carboxylic acids is 1. The van der Waals surface area contributed by atoms with E-state index in [4.69, 9.17) is 0 Å². The molecule has 0 unspecified atom stereocenters. The zero-order chi connectivity index (χ0) is 12.4. The van der Waals surface area contributed by atoms with Gasteiger partial charge in [0.15, 0.2) is 0 Å². The predicted molar refractivity (Wildman–Crippen MR) is 71.1 cm³/mol. The molecule has 2 rings (SSSR count). The van der Waals surface area contributed by atoms with Gasteiger partial charge in [-0.1, -0.05) is 0 Å². The summed E-state index contributed by atoms with van der Waals surface area (Å²) in [4.78, 5) is 17.1. The van der Waals surface area contributed by atoms with Gasteiger partial charge in [0.05, 0.1) is 11.6 Å². The normalized spacial score (nSPS) is 10.5. The monoisotopic (exact) mass is 313 g/mol. The Bertz CT molecular complexity index is 547. The zero-order valence-electron chi connectivity index (χ0n) is 9.53. The third kappa shape index (κ3) is 2.95. The van der Waals surface area contributed by atoms with Crippen molar-refractivity contribution in [3.8, 4) is 0 Å². The molecule has 2 aromatic rings. The van der Waals surface area contributed by atoms with Crippen molar-refractivity contribution in [1.29, 1.82) is 0 Å². The summed E-state index contributed by atoms with van der Waals surface area (Å²) in [7, 11) is 1.84. The van der Waals surface area contributed by atoms with E-state index in [1.807, 2.05) is 20.2 Å². The third-order valence-electron chi connectivity index (χ3n) is 2.30. The summed E-state index contributed by atoms with van der Waals surface area (Å²) in [6.45, 7) is 2.47. The van der Waals surface area contributed by atoms with E-state index < -0.39 is 0 Å². The van der Waals surface area contributed by atoms with Crippen molar-refractivity contribution in [3.63, 3.8) is 0 Å². The molecule has 90 valence electrons. The van der Waals surface area contributed by atoms with Crippen LogP contribution in [0.2, 0.25) is 0 Å². The summed E-state index contributed by atoms with van der Waals surface area (Å²) < 4.78 is 2.69. The van der Waals surface area contributed by atoms with Crippen LogP contribution >= 0.6 is 27.3 Å². The van der Waals surface area contributed by atoms with Crippen molar-refractivity contribution in [2.45, 2.75) is 13.5 Å². The predicted octanol–water partition coefficient (Wildman–Crippen LogP) is 2.48. The number of carbonyl (C=O) groups is 1. The Labute approximate surface area is 112 Å². The number of halogens is 1. The van der Waals surface area contributed by atoms with Gasteiger partial charge in [-0.3, -0.25) is 4.79 Å². The van der Waals surface area contributed by atoms with Crippen LogP contribution < -0.4 is 5.32 Å². The molecule has 1 N–H and O–H groups in total. The average molecular weight is 314 g/mol. The molecular weight excluding hydrogens is 302 g/mol. The van der Waals surface area contributed by atoms with Gasteiger partial charge >= 0.3 is 0 Å². The molecule has 0 bridgehead atoms. The summed E-state index contributed by atoms with van der Waals surface area (Å²) in [5, 5.41) is 3.88. The van der Waals surface area contributed by atoms with Crippen LogP contribution in [0.4, 0.5) is 0 Å². The molecule has 0 radical (unpaired) electrons. The first kappa shape index (κ1) is 12.3. The van der Waals surface area contributed by atoms with E-state index in [1.54, 1.807) is 28.2 Å². The van der Waals surface area contributed by atoms with E-state index in [2.05, 4.69) is 26.2 Å². The number of hydrogen-bond donors (Lipinski definition) is 1. The van der Waals surface area contributed by atoms with Gasteiger partial charge in [-0.25, -0.2) is 4.98 Å². The number of nitrogens with zero attached hydrogens (tertiary/aromatic N) is 2. The first-order valence-corrected chi connectivity index (χ1v) is 6.68. The van der Waals surface area contributed by atoms with Crippen LogP contribution in [-0.2, 0) is 13.6 Å². The van der Waals surface area contributed by atoms with E-state index in [9.17, 15) is 4.79 Å². The Kier molecular flexibility index (Phi) is 3.63. The molecule has 0 fully saturated rings. The number of amides is 1. The number of rotatable bonds is 3. The maximum absolute atomic E-state index is 11.9. The summed E-state index contributed by atoms with van der Waals surface area (Å²) in [6, 6.07) is 1.80. The van der Waals surface area contributed by atoms with Crippen LogP contribution in [0, 0.1) is 6.92 Å². The molecule has 0 aromatic carbocycles. The van der Waals surface area contributed by atoms with E-state index in [1.165, 1.54) is 0 Å². The Morgan fingerprint density at radius 2 is 2.41 bits per heavy atom. The van der Waals surface area contributed by atoms with Gasteiger partial charge < -0.3 is 9.88 Å². The highest BCUT2D eigenvalue weighted by Crippen LogP contribution is 2.14. The fourth-order valence-corrected chi connectivity index (χ4v) is 2.75. The van der Waals surface area contributed by atoms with Crippen LogP contribution in [0.1, 0.15) is 20.4 Å². The van der Waals surface area contributed by atoms with Crippen molar-refractivity contribution in [2.24, 2.45) is 7.05 Å². The number of nitrogens with one attached hydrogen (secondary N) is 1. The molecule has 6 heteroatoms. The molecule has 0 aliphatic heterocycles. The van der Waals surface area contributed by atoms with E-state index >= 15 is 0 Å². The second kappa shape index (κ2) is 5.01. The minimum atomic E-state index is -0.0794. The van der Waals surface area contributed by atoms with Crippen molar-refractivity contribution >= 4 is 33.2 Å². The highest BCUT2D eigenvalue weighted by Gasteiger charge is 2.10. The number of aromatic nitrogens is 2. The van der Waals surface area contributed by atoms with Crippen LogP contribution in [0.5, 0.6) is 0 Å². The fourth-order valence-electron chi connectivity index (χ4n) is 1.49. The van der Waals surface area contributed by atoms with Gasteiger partial charge in [0.2, 0.25) is 0 Å². The standard InChI is InChI=1S/C11H12BrN3OS/c1-7-13-4-9(17-7)5-14-11(16)10-3-8(12)6-15(10)2/h3-4,6H,5H2,1-2H3,(H,14,16). The van der Waals surface area contributed by atoms with E-state index in [0.29, 0.717) is 12.2 Å². The maximum atomic E-state index is 11.9. The first-order valence-electron chi connectivity index (χ1n) is 5.07. The minimum absolute atomic E-state index is 0.0794. The molecule has 2 heterocycles. The fraction of sp³-hybridized carbons (Fsp3) is 0.273. The van der Waals surface area contributed by atoms with E-state index in [-0.39, 0.29) is 5.91 Å². The lowest BCUT2D eigenvalue weighted by Crippen LogP contribution is -2.24. The van der Waals surface area contributed by atoms with Gasteiger partial charge in [-0.15, -0.1) is 11.3 Å². The number of aryl methyl sites for hydroxylation is 2. The quantitative estimate of drug-likeness (QED) is 0.946. The highest BCUT2D eigenvalue weighted by molar-refractivity contribution is 9.10. The zero-order valence-corrected chi connectivity index (χ0v) is 11.9. The Hall–Kier alpha value is -1.14. The van der Waals surface area contributed by atoms with Gasteiger partial charge in [0, 0.05) is 28.8 Å². The maximum Gasteiger partial charge on any atom is 0.268 e. The molecule has 2 aromatic heterocycles. The van der Waals surface area contributed by atoms with Crippen LogP contribution in [0.25, 0.3) is 0 Å². The summed E-state index contributed by atoms with van der Waals surface area (Å²) in [6.07, 6.45) is 3.65. The van der Waals surface area contributed by atoms with Gasteiger partial charge in [0.1, 0.15) is 5.69 Å².